The lowest BCUT2D eigenvalue weighted by molar-refractivity contribution is 0.211. The van der Waals surface area contributed by atoms with Crippen LogP contribution in [0.2, 0.25) is 10.0 Å². The molecule has 0 saturated heterocycles. The molecule has 0 spiro atoms. The zero-order valence-electron chi connectivity index (χ0n) is 13.9. The van der Waals surface area contributed by atoms with Crippen LogP contribution in [-0.4, -0.2) is 30.9 Å². The summed E-state index contributed by atoms with van der Waals surface area (Å²) >= 11 is 12.3. The van der Waals surface area contributed by atoms with Gasteiger partial charge in [0.05, 0.1) is 42.6 Å². The molecule has 1 aromatic heterocycles. The van der Waals surface area contributed by atoms with Crippen molar-refractivity contribution in [2.24, 2.45) is 0 Å². The Hall–Kier alpha value is -1.69. The summed E-state index contributed by atoms with van der Waals surface area (Å²) in [6.45, 7) is 4.20. The van der Waals surface area contributed by atoms with Gasteiger partial charge >= 0.3 is 0 Å². The van der Waals surface area contributed by atoms with E-state index >= 15 is 0 Å². The molecule has 1 unspecified atom stereocenters. The molecule has 0 amide bonds. The van der Waals surface area contributed by atoms with Crippen LogP contribution in [0.3, 0.4) is 0 Å². The number of methoxy groups -OCH3 is 2. The Bertz CT molecular complexity index is 737. The van der Waals surface area contributed by atoms with Crippen LogP contribution >= 0.6 is 23.2 Å². The topological polar surface area (TPSA) is 60.8 Å². The van der Waals surface area contributed by atoms with Crippen molar-refractivity contribution in [3.8, 4) is 17.4 Å². The molecule has 0 aliphatic heterocycles. The molecule has 1 heterocycles. The Morgan fingerprint density at radius 3 is 2.46 bits per heavy atom. The minimum atomic E-state index is -1.08. The Morgan fingerprint density at radius 1 is 1.17 bits per heavy atom. The number of hydrogen-bond acceptors (Lipinski definition) is 5. The van der Waals surface area contributed by atoms with Crippen LogP contribution in [0.1, 0.15) is 29.7 Å². The molecule has 0 aliphatic rings. The largest absolute Gasteiger partial charge is 0.493 e. The molecular formula is C17H19Cl2NO4. The predicted molar refractivity (Wildman–Crippen MR) is 93.8 cm³/mol. The third kappa shape index (κ3) is 3.53. The van der Waals surface area contributed by atoms with Gasteiger partial charge < -0.3 is 19.3 Å². The van der Waals surface area contributed by atoms with E-state index in [1.54, 1.807) is 19.2 Å². The number of ether oxygens (including phenoxy) is 3. The molecule has 0 aliphatic carbocycles. The number of halogens is 2. The lowest BCUT2D eigenvalue weighted by Crippen LogP contribution is -2.08. The van der Waals surface area contributed by atoms with E-state index in [0.717, 1.165) is 5.56 Å². The smallest absolute Gasteiger partial charge is 0.220 e. The van der Waals surface area contributed by atoms with E-state index in [4.69, 9.17) is 37.4 Å². The van der Waals surface area contributed by atoms with Gasteiger partial charge in [0.1, 0.15) is 6.10 Å². The van der Waals surface area contributed by atoms with Gasteiger partial charge in [-0.3, -0.25) is 0 Å². The molecule has 130 valence electrons. The third-order valence-electron chi connectivity index (χ3n) is 3.59. The van der Waals surface area contributed by atoms with Gasteiger partial charge in [-0.1, -0.05) is 23.2 Å². The second-order valence-corrected chi connectivity index (χ2v) is 5.82. The number of benzene rings is 1. The summed E-state index contributed by atoms with van der Waals surface area (Å²) in [4.78, 5) is 4.07. The maximum atomic E-state index is 10.9. The van der Waals surface area contributed by atoms with Crippen molar-refractivity contribution >= 4 is 23.2 Å². The van der Waals surface area contributed by atoms with Gasteiger partial charge in [0, 0.05) is 0 Å². The maximum Gasteiger partial charge on any atom is 0.220 e. The van der Waals surface area contributed by atoms with E-state index in [9.17, 15) is 5.11 Å². The first-order valence-electron chi connectivity index (χ1n) is 7.31. The van der Waals surface area contributed by atoms with Crippen LogP contribution in [0.25, 0.3) is 0 Å². The standard InChI is InChI=1S/C17H19Cl2NO4/c1-5-24-13-7-10(9(2)6-12(13)22-3)16(21)14-15(19)11(18)8-20-17(14)23-4/h6-8,16,21H,5H2,1-4H3. The predicted octanol–water partition coefficient (Wildman–Crippen LogP) is 4.19. The number of aryl methyl sites for hydroxylation is 1. The lowest BCUT2D eigenvalue weighted by atomic mass is 9.97. The van der Waals surface area contributed by atoms with Gasteiger partial charge in [-0.15, -0.1) is 0 Å². The van der Waals surface area contributed by atoms with E-state index < -0.39 is 6.10 Å². The zero-order valence-corrected chi connectivity index (χ0v) is 15.4. The fraction of sp³-hybridized carbons (Fsp3) is 0.353. The summed E-state index contributed by atoms with van der Waals surface area (Å²) in [7, 11) is 3.02. The van der Waals surface area contributed by atoms with E-state index in [1.165, 1.54) is 13.3 Å². The van der Waals surface area contributed by atoms with Crippen molar-refractivity contribution in [3.63, 3.8) is 0 Å². The van der Waals surface area contributed by atoms with Gasteiger partial charge in [0.25, 0.3) is 0 Å². The molecule has 24 heavy (non-hydrogen) atoms. The molecule has 0 bridgehead atoms. The number of hydrogen-bond donors (Lipinski definition) is 1. The summed E-state index contributed by atoms with van der Waals surface area (Å²) in [5.74, 6) is 1.34. The summed E-state index contributed by atoms with van der Waals surface area (Å²) in [6, 6.07) is 3.51. The first-order valence-corrected chi connectivity index (χ1v) is 8.07. The molecule has 1 aromatic carbocycles. The van der Waals surface area contributed by atoms with Crippen molar-refractivity contribution in [3.05, 3.63) is 45.1 Å². The summed E-state index contributed by atoms with van der Waals surface area (Å²) < 4.78 is 16.1. The van der Waals surface area contributed by atoms with Crippen LogP contribution in [0, 0.1) is 6.92 Å². The Balaban J connectivity index is 2.60. The van der Waals surface area contributed by atoms with Crippen LogP contribution in [0.15, 0.2) is 18.3 Å². The average molecular weight is 372 g/mol. The monoisotopic (exact) mass is 371 g/mol. The molecule has 0 radical (unpaired) electrons. The van der Waals surface area contributed by atoms with Crippen LogP contribution in [0.5, 0.6) is 17.4 Å². The minimum absolute atomic E-state index is 0.198. The summed E-state index contributed by atoms with van der Waals surface area (Å²) in [5, 5.41) is 11.3. The lowest BCUT2D eigenvalue weighted by Gasteiger charge is -2.20. The van der Waals surface area contributed by atoms with Crippen molar-refractivity contribution in [1.82, 2.24) is 4.98 Å². The fourth-order valence-corrected chi connectivity index (χ4v) is 2.80. The van der Waals surface area contributed by atoms with Crippen LogP contribution in [-0.2, 0) is 0 Å². The fourth-order valence-electron chi connectivity index (χ4n) is 2.42. The average Bonchev–Trinajstić information content (AvgIpc) is 2.57. The number of aliphatic hydroxyl groups excluding tert-OH is 1. The molecule has 5 nitrogen and oxygen atoms in total. The second kappa shape index (κ2) is 7.92. The highest BCUT2D eigenvalue weighted by Gasteiger charge is 2.25. The quantitative estimate of drug-likeness (QED) is 0.824. The van der Waals surface area contributed by atoms with Crippen LogP contribution < -0.4 is 14.2 Å². The summed E-state index contributed by atoms with van der Waals surface area (Å²) in [5.41, 5.74) is 1.71. The van der Waals surface area contributed by atoms with Crippen molar-refractivity contribution in [2.45, 2.75) is 20.0 Å². The van der Waals surface area contributed by atoms with Crippen molar-refractivity contribution < 1.29 is 19.3 Å². The Kier molecular flexibility index (Phi) is 6.15. The van der Waals surface area contributed by atoms with E-state index in [0.29, 0.717) is 29.2 Å². The van der Waals surface area contributed by atoms with Gasteiger partial charge in [0.2, 0.25) is 5.88 Å². The first-order chi connectivity index (χ1) is 11.4. The maximum absolute atomic E-state index is 10.9. The number of aromatic nitrogens is 1. The SMILES string of the molecule is CCOc1cc(C(O)c2c(OC)ncc(Cl)c2Cl)c(C)cc1OC. The Morgan fingerprint density at radius 2 is 1.88 bits per heavy atom. The second-order valence-electron chi connectivity index (χ2n) is 5.04. The molecule has 1 atom stereocenters. The molecule has 0 saturated carbocycles. The molecule has 7 heteroatoms. The van der Waals surface area contributed by atoms with E-state index in [-0.39, 0.29) is 15.9 Å². The van der Waals surface area contributed by atoms with Crippen molar-refractivity contribution in [1.29, 1.82) is 0 Å². The minimum Gasteiger partial charge on any atom is -0.493 e. The molecule has 0 fully saturated rings. The van der Waals surface area contributed by atoms with Gasteiger partial charge in [-0.25, -0.2) is 4.98 Å². The van der Waals surface area contributed by atoms with Gasteiger partial charge in [0.15, 0.2) is 11.5 Å². The zero-order chi connectivity index (χ0) is 17.9. The first kappa shape index (κ1) is 18.6. The van der Waals surface area contributed by atoms with Gasteiger partial charge in [-0.2, -0.15) is 0 Å². The van der Waals surface area contributed by atoms with E-state index in [2.05, 4.69) is 4.98 Å². The molecule has 1 N–H and O–H groups in total. The third-order valence-corrected chi connectivity index (χ3v) is 4.38. The van der Waals surface area contributed by atoms with Crippen molar-refractivity contribution in [2.75, 3.05) is 20.8 Å². The number of rotatable bonds is 6. The van der Waals surface area contributed by atoms with Gasteiger partial charge in [-0.05, 0) is 37.1 Å². The van der Waals surface area contributed by atoms with E-state index in [1.807, 2.05) is 13.8 Å². The number of aliphatic hydroxyl groups is 1. The number of nitrogens with zero attached hydrogens (tertiary/aromatic N) is 1. The number of pyridine rings is 1. The molecular weight excluding hydrogens is 353 g/mol. The summed E-state index contributed by atoms with van der Waals surface area (Å²) in [6.07, 6.45) is 0.301. The molecule has 2 rings (SSSR count). The highest BCUT2D eigenvalue weighted by molar-refractivity contribution is 6.42. The van der Waals surface area contributed by atoms with Crippen LogP contribution in [0.4, 0.5) is 0 Å². The molecule has 2 aromatic rings. The highest BCUT2D eigenvalue weighted by atomic mass is 35.5. The highest BCUT2D eigenvalue weighted by Crippen LogP contribution is 2.41. The normalized spacial score (nSPS) is 12.0. The Labute approximate surface area is 151 Å².